The summed E-state index contributed by atoms with van der Waals surface area (Å²) in [5.41, 5.74) is 6.08. The van der Waals surface area contributed by atoms with E-state index < -0.39 is 0 Å². The van der Waals surface area contributed by atoms with Crippen LogP contribution < -0.4 is 5.73 Å². The highest BCUT2D eigenvalue weighted by atomic mass is 16.5. The normalized spacial score (nSPS) is 41.6. The molecule has 0 spiro atoms. The summed E-state index contributed by atoms with van der Waals surface area (Å²) in [7, 11) is 0. The van der Waals surface area contributed by atoms with Gasteiger partial charge in [-0.05, 0) is 46.5 Å². The van der Waals surface area contributed by atoms with Crippen LogP contribution in [0.4, 0.5) is 0 Å². The molecule has 3 atom stereocenters. The van der Waals surface area contributed by atoms with Crippen molar-refractivity contribution in [2.24, 2.45) is 11.7 Å². The lowest BCUT2D eigenvalue weighted by Gasteiger charge is -2.42. The molecule has 2 fully saturated rings. The molecular formula is C14H28N2O. The Morgan fingerprint density at radius 1 is 1.24 bits per heavy atom. The van der Waals surface area contributed by atoms with Crippen LogP contribution in [0.1, 0.15) is 47.5 Å². The summed E-state index contributed by atoms with van der Waals surface area (Å²) in [6, 6.07) is 0.914. The minimum atomic E-state index is -0.0370. The maximum absolute atomic E-state index is 6.19. The van der Waals surface area contributed by atoms with Gasteiger partial charge in [-0.25, -0.2) is 0 Å². The summed E-state index contributed by atoms with van der Waals surface area (Å²) in [6.45, 7) is 13.4. The van der Waals surface area contributed by atoms with Gasteiger partial charge in [0.1, 0.15) is 0 Å². The quantitative estimate of drug-likeness (QED) is 0.762. The van der Waals surface area contributed by atoms with E-state index in [1.807, 2.05) is 0 Å². The molecule has 2 aliphatic rings. The van der Waals surface area contributed by atoms with Crippen LogP contribution in [0.5, 0.6) is 0 Å². The highest BCUT2D eigenvalue weighted by Gasteiger charge is 2.49. The molecule has 2 saturated heterocycles. The van der Waals surface area contributed by atoms with Gasteiger partial charge >= 0.3 is 0 Å². The Morgan fingerprint density at radius 3 is 2.35 bits per heavy atom. The first-order chi connectivity index (χ1) is 7.71. The van der Waals surface area contributed by atoms with Gasteiger partial charge in [0, 0.05) is 25.2 Å². The highest BCUT2D eigenvalue weighted by Crippen LogP contribution is 2.41. The van der Waals surface area contributed by atoms with Crippen molar-refractivity contribution in [2.45, 2.75) is 70.7 Å². The van der Waals surface area contributed by atoms with E-state index in [0.29, 0.717) is 18.0 Å². The molecule has 0 aromatic heterocycles. The summed E-state index contributed by atoms with van der Waals surface area (Å²) in [6.07, 6.45) is 2.25. The lowest BCUT2D eigenvalue weighted by molar-refractivity contribution is -0.0836. The van der Waals surface area contributed by atoms with Gasteiger partial charge in [-0.15, -0.1) is 0 Å². The van der Waals surface area contributed by atoms with Gasteiger partial charge in [-0.1, -0.05) is 6.92 Å². The predicted molar refractivity (Wildman–Crippen MR) is 71.0 cm³/mol. The van der Waals surface area contributed by atoms with Crippen molar-refractivity contribution in [2.75, 3.05) is 13.1 Å². The monoisotopic (exact) mass is 240 g/mol. The van der Waals surface area contributed by atoms with Crippen LogP contribution in [0, 0.1) is 5.92 Å². The third-order valence-corrected chi connectivity index (χ3v) is 4.47. The fourth-order valence-corrected chi connectivity index (χ4v) is 3.58. The van der Waals surface area contributed by atoms with E-state index in [9.17, 15) is 0 Å². The zero-order valence-electron chi connectivity index (χ0n) is 12.0. The number of nitrogens with two attached hydrogens (primary N) is 1. The number of piperidine rings is 1. The number of nitrogens with zero attached hydrogens (tertiary/aromatic N) is 1. The summed E-state index contributed by atoms with van der Waals surface area (Å²) in [5, 5.41) is 0. The average Bonchev–Trinajstić information content (AvgIpc) is 2.39. The minimum absolute atomic E-state index is 0.0109. The van der Waals surface area contributed by atoms with E-state index in [1.54, 1.807) is 0 Å². The number of rotatable bonds is 1. The van der Waals surface area contributed by atoms with E-state index in [0.717, 1.165) is 25.9 Å². The number of ether oxygens (including phenoxy) is 1. The number of hydrogen-bond donors (Lipinski definition) is 1. The van der Waals surface area contributed by atoms with Crippen LogP contribution >= 0.6 is 0 Å². The molecule has 0 radical (unpaired) electrons. The molecular weight excluding hydrogens is 212 g/mol. The topological polar surface area (TPSA) is 38.5 Å². The molecule has 17 heavy (non-hydrogen) atoms. The molecule has 2 aliphatic heterocycles. The summed E-state index contributed by atoms with van der Waals surface area (Å²) in [4.78, 5) is 2.60. The van der Waals surface area contributed by atoms with Crippen molar-refractivity contribution in [1.82, 2.24) is 4.90 Å². The smallest absolute Gasteiger partial charge is 0.0789 e. The van der Waals surface area contributed by atoms with Crippen LogP contribution in [0.25, 0.3) is 0 Å². The van der Waals surface area contributed by atoms with Crippen LogP contribution in [0.2, 0.25) is 0 Å². The molecule has 0 aromatic carbocycles. The van der Waals surface area contributed by atoms with E-state index in [4.69, 9.17) is 10.5 Å². The lowest BCUT2D eigenvalue weighted by atomic mass is 9.88. The average molecular weight is 240 g/mol. The number of hydrogen-bond acceptors (Lipinski definition) is 3. The van der Waals surface area contributed by atoms with Crippen LogP contribution in [0.3, 0.4) is 0 Å². The van der Waals surface area contributed by atoms with Gasteiger partial charge in [-0.2, -0.15) is 0 Å². The zero-order chi connectivity index (χ0) is 12.8. The van der Waals surface area contributed by atoms with E-state index in [2.05, 4.69) is 39.5 Å². The SMILES string of the molecule is CC1CN(C2CC(C)(C)OC2(C)C)CCC1N. The molecule has 0 aliphatic carbocycles. The third kappa shape index (κ3) is 2.67. The maximum atomic E-state index is 6.19. The van der Waals surface area contributed by atoms with Crippen molar-refractivity contribution in [3.63, 3.8) is 0 Å². The van der Waals surface area contributed by atoms with Gasteiger partial charge in [0.2, 0.25) is 0 Å². The molecule has 100 valence electrons. The van der Waals surface area contributed by atoms with Gasteiger partial charge in [0.05, 0.1) is 11.2 Å². The Labute approximate surface area is 106 Å². The first-order valence-corrected chi connectivity index (χ1v) is 6.91. The summed E-state index contributed by atoms with van der Waals surface area (Å²) >= 11 is 0. The Kier molecular flexibility index (Phi) is 3.30. The van der Waals surface area contributed by atoms with Crippen LogP contribution in [-0.4, -0.2) is 41.3 Å². The lowest BCUT2D eigenvalue weighted by Crippen LogP contribution is -2.54. The van der Waals surface area contributed by atoms with Crippen molar-refractivity contribution in [3.05, 3.63) is 0 Å². The first-order valence-electron chi connectivity index (χ1n) is 6.91. The molecule has 2 rings (SSSR count). The van der Waals surface area contributed by atoms with Gasteiger partial charge in [0.25, 0.3) is 0 Å². The third-order valence-electron chi connectivity index (χ3n) is 4.47. The second-order valence-electron chi connectivity index (χ2n) is 7.11. The Bertz CT molecular complexity index is 288. The largest absolute Gasteiger partial charge is 0.368 e. The fourth-order valence-electron chi connectivity index (χ4n) is 3.58. The molecule has 0 amide bonds. The standard InChI is InChI=1S/C14H28N2O/c1-10-9-16(7-6-11(10)15)12-8-13(2,3)17-14(12,4)5/h10-12H,6-9,15H2,1-5H3. The maximum Gasteiger partial charge on any atom is 0.0789 e. The zero-order valence-corrected chi connectivity index (χ0v) is 12.0. The van der Waals surface area contributed by atoms with Gasteiger partial charge in [0.15, 0.2) is 0 Å². The highest BCUT2D eigenvalue weighted by molar-refractivity contribution is 5.01. The van der Waals surface area contributed by atoms with Crippen LogP contribution in [0.15, 0.2) is 0 Å². The Hall–Kier alpha value is -0.120. The van der Waals surface area contributed by atoms with E-state index >= 15 is 0 Å². The molecule has 0 saturated carbocycles. The fraction of sp³-hybridized carbons (Fsp3) is 1.00. The molecule has 3 nitrogen and oxygen atoms in total. The van der Waals surface area contributed by atoms with Crippen molar-refractivity contribution >= 4 is 0 Å². The second kappa shape index (κ2) is 4.22. The molecule has 0 aromatic rings. The predicted octanol–water partition coefficient (Wildman–Crippen LogP) is 2.00. The molecule has 0 bridgehead atoms. The van der Waals surface area contributed by atoms with E-state index in [-0.39, 0.29) is 11.2 Å². The Balaban J connectivity index is 2.08. The van der Waals surface area contributed by atoms with Crippen molar-refractivity contribution < 1.29 is 4.74 Å². The molecule has 2 N–H and O–H groups in total. The van der Waals surface area contributed by atoms with Gasteiger partial charge < -0.3 is 10.5 Å². The second-order valence-corrected chi connectivity index (χ2v) is 7.11. The molecule has 3 heteroatoms. The summed E-state index contributed by atoms with van der Waals surface area (Å²) in [5.74, 6) is 0.600. The van der Waals surface area contributed by atoms with Crippen molar-refractivity contribution in [3.8, 4) is 0 Å². The van der Waals surface area contributed by atoms with E-state index in [1.165, 1.54) is 0 Å². The van der Waals surface area contributed by atoms with Gasteiger partial charge in [-0.3, -0.25) is 4.90 Å². The number of likely N-dealkylation sites (tertiary alicyclic amines) is 1. The Morgan fingerprint density at radius 2 is 1.88 bits per heavy atom. The summed E-state index contributed by atoms with van der Waals surface area (Å²) < 4.78 is 6.19. The minimum Gasteiger partial charge on any atom is -0.368 e. The molecule has 2 heterocycles. The van der Waals surface area contributed by atoms with Crippen LogP contribution in [-0.2, 0) is 4.74 Å². The molecule has 3 unspecified atom stereocenters. The van der Waals surface area contributed by atoms with Crippen molar-refractivity contribution in [1.29, 1.82) is 0 Å². The first kappa shape index (κ1) is 13.3.